The van der Waals surface area contributed by atoms with Crippen LogP contribution >= 0.6 is 0 Å². The molecule has 0 aromatic heterocycles. The van der Waals surface area contributed by atoms with Gasteiger partial charge in [-0.1, -0.05) is 110 Å². The molecule has 4 aromatic rings. The minimum atomic E-state index is -4.56. The average Bonchev–Trinajstić information content (AvgIpc) is 2.71. The summed E-state index contributed by atoms with van der Waals surface area (Å²) < 4.78 is 121. The SMILES string of the molecule is Cc1ccc(C2=N[C@@H](NC(=O)[C@H](CCC(F)(F)F)[C@H](CC3CC3)C(=O)OC(C)(C)C)C(=O)Cc3c(F)cccc32)cc1.Cc1ccc(C2=N[C@H](NC(=O)[C@H](CCC(F)(F)F)[C@H](CC3CC3)C(=O)OC(C)(C)C)C(=O)Cc3c(F)cccc32)cc1. The minimum absolute atomic E-state index is 0.104. The second kappa shape index (κ2) is 26.4. The number of ether oxygens (including phenoxy) is 2. The van der Waals surface area contributed by atoms with Gasteiger partial charge in [0.15, 0.2) is 23.9 Å². The molecular weight excluding hydrogens is 1100 g/mol. The number of ketones is 2. The van der Waals surface area contributed by atoms with Crippen LogP contribution in [0, 0.1) is 61.0 Å². The molecule has 0 unspecified atom stereocenters. The number of hydrogen-bond donors (Lipinski definition) is 2. The molecule has 2 aliphatic heterocycles. The minimum Gasteiger partial charge on any atom is -0.460 e. The van der Waals surface area contributed by atoms with E-state index in [0.29, 0.717) is 22.3 Å². The van der Waals surface area contributed by atoms with Gasteiger partial charge in [0.05, 0.1) is 35.1 Å². The van der Waals surface area contributed by atoms with Crippen LogP contribution in [0.2, 0.25) is 0 Å². The van der Waals surface area contributed by atoms with E-state index in [2.05, 4.69) is 20.6 Å². The van der Waals surface area contributed by atoms with Crippen molar-refractivity contribution in [2.75, 3.05) is 0 Å². The molecule has 84 heavy (non-hydrogen) atoms. The molecule has 0 radical (unpaired) electrons. The standard InChI is InChI=1S/2C32H36F4N2O4/c2*1-18-8-12-20(13-9-18)27-21-6-5-7-25(33)23(21)17-26(39)28(37-27)38-29(40)22(14-15-32(34,35)36)24(16-19-10-11-19)30(41)42-31(2,3)4/h2*5-9,12-13,19,22,24,28H,10-11,14-17H2,1-4H3,(H,38,40)/t22-,24+,28+;22-,24+,28-/m11/s1. The zero-order valence-electron chi connectivity index (χ0n) is 48.4. The maximum Gasteiger partial charge on any atom is 0.389 e. The lowest BCUT2D eigenvalue weighted by Crippen LogP contribution is -2.47. The predicted octanol–water partition coefficient (Wildman–Crippen LogP) is 12.5. The normalized spacial score (nSPS) is 18.8. The van der Waals surface area contributed by atoms with Crippen LogP contribution in [0.25, 0.3) is 0 Å². The summed E-state index contributed by atoms with van der Waals surface area (Å²) in [7, 11) is 0. The topological polar surface area (TPSA) is 170 Å². The molecule has 8 rings (SSSR count). The van der Waals surface area contributed by atoms with Gasteiger partial charge in [-0.25, -0.2) is 8.78 Å². The first-order valence-electron chi connectivity index (χ1n) is 28.3. The molecule has 6 atom stereocenters. The van der Waals surface area contributed by atoms with Crippen LogP contribution in [0.15, 0.2) is 94.9 Å². The highest BCUT2D eigenvalue weighted by atomic mass is 19.4. The van der Waals surface area contributed by atoms with Crippen LogP contribution in [0.3, 0.4) is 0 Å². The highest BCUT2D eigenvalue weighted by Crippen LogP contribution is 2.42. The number of esters is 2. The Morgan fingerprint density at radius 3 is 1.15 bits per heavy atom. The molecular formula is C64H72F8N4O8. The van der Waals surface area contributed by atoms with E-state index in [1.165, 1.54) is 24.3 Å². The van der Waals surface area contributed by atoms with E-state index in [9.17, 15) is 63.9 Å². The van der Waals surface area contributed by atoms with Crippen molar-refractivity contribution in [3.05, 3.63) is 141 Å². The van der Waals surface area contributed by atoms with Crippen molar-refractivity contribution >= 4 is 46.7 Å². The molecule has 4 aliphatic rings. The van der Waals surface area contributed by atoms with E-state index in [4.69, 9.17) is 9.47 Å². The Bertz CT molecular complexity index is 2930. The fourth-order valence-electron chi connectivity index (χ4n) is 10.3. The molecule has 2 N–H and O–H groups in total. The van der Waals surface area contributed by atoms with Crippen molar-refractivity contribution in [2.24, 2.45) is 45.5 Å². The van der Waals surface area contributed by atoms with Crippen LogP contribution in [-0.2, 0) is 51.1 Å². The van der Waals surface area contributed by atoms with Gasteiger partial charge in [0.1, 0.15) is 22.8 Å². The van der Waals surface area contributed by atoms with Crippen molar-refractivity contribution in [2.45, 2.75) is 168 Å². The van der Waals surface area contributed by atoms with Crippen LogP contribution in [0.4, 0.5) is 35.1 Å². The van der Waals surface area contributed by atoms with Gasteiger partial charge in [0, 0.05) is 59.1 Å². The maximum absolute atomic E-state index is 14.9. The number of nitrogens with zero attached hydrogens (tertiary/aromatic N) is 2. The molecule has 0 bridgehead atoms. The van der Waals surface area contributed by atoms with E-state index < -0.39 is 132 Å². The van der Waals surface area contributed by atoms with Gasteiger partial charge in [0.2, 0.25) is 11.8 Å². The molecule has 20 heteroatoms. The molecule has 452 valence electrons. The molecule has 0 spiro atoms. The number of amides is 2. The van der Waals surface area contributed by atoms with Gasteiger partial charge in [-0.2, -0.15) is 26.3 Å². The number of aliphatic imine (C=N–C) groups is 2. The molecule has 12 nitrogen and oxygen atoms in total. The van der Waals surface area contributed by atoms with Crippen molar-refractivity contribution in [1.29, 1.82) is 0 Å². The van der Waals surface area contributed by atoms with Crippen molar-refractivity contribution in [3.8, 4) is 0 Å². The smallest absolute Gasteiger partial charge is 0.389 e. The van der Waals surface area contributed by atoms with Gasteiger partial charge in [0.25, 0.3) is 0 Å². The Labute approximate surface area is 484 Å². The maximum atomic E-state index is 14.9. The molecule has 2 saturated carbocycles. The monoisotopic (exact) mass is 1180 g/mol. The second-order valence-corrected chi connectivity index (χ2v) is 24.5. The Balaban J connectivity index is 0.000000241. The largest absolute Gasteiger partial charge is 0.460 e. The number of alkyl halides is 6. The van der Waals surface area contributed by atoms with Crippen LogP contribution in [-0.4, -0.2) is 82.6 Å². The number of aryl methyl sites for hydroxylation is 2. The zero-order valence-corrected chi connectivity index (χ0v) is 48.4. The first kappa shape index (κ1) is 64.4. The van der Waals surface area contributed by atoms with E-state index >= 15 is 0 Å². The fraction of sp³-hybridized carbons (Fsp3) is 0.500. The Morgan fingerprint density at radius 2 is 0.857 bits per heavy atom. The zero-order chi connectivity index (χ0) is 61.6. The number of benzene rings is 4. The number of halogens is 8. The number of hydrogen-bond acceptors (Lipinski definition) is 10. The highest BCUT2D eigenvalue weighted by Gasteiger charge is 2.45. The van der Waals surface area contributed by atoms with Crippen LogP contribution < -0.4 is 10.6 Å². The predicted molar refractivity (Wildman–Crippen MR) is 299 cm³/mol. The molecule has 2 fully saturated rings. The van der Waals surface area contributed by atoms with Crippen LogP contribution in [0.5, 0.6) is 0 Å². The van der Waals surface area contributed by atoms with E-state index in [1.807, 2.05) is 38.1 Å². The number of carbonyl (C=O) groups is 6. The van der Waals surface area contributed by atoms with E-state index in [-0.39, 0.29) is 60.1 Å². The third kappa shape index (κ3) is 18.4. The Hall–Kier alpha value is -7.12. The summed E-state index contributed by atoms with van der Waals surface area (Å²) in [5.41, 5.74) is 2.81. The Kier molecular flexibility index (Phi) is 20.3. The molecule has 2 amide bonds. The third-order valence-corrected chi connectivity index (χ3v) is 14.9. The number of rotatable bonds is 18. The van der Waals surface area contributed by atoms with Gasteiger partial charge in [-0.15, -0.1) is 0 Å². The summed E-state index contributed by atoms with van der Waals surface area (Å²) in [6, 6.07) is 23.1. The van der Waals surface area contributed by atoms with Crippen molar-refractivity contribution in [1.82, 2.24) is 10.6 Å². The second-order valence-electron chi connectivity index (χ2n) is 24.5. The molecule has 0 saturated heterocycles. The lowest BCUT2D eigenvalue weighted by Gasteiger charge is -2.29. The lowest BCUT2D eigenvalue weighted by atomic mass is 9.83. The Morgan fingerprint density at radius 1 is 0.524 bits per heavy atom. The first-order chi connectivity index (χ1) is 39.2. The summed E-state index contributed by atoms with van der Waals surface area (Å²) in [4.78, 5) is 89.7. The summed E-state index contributed by atoms with van der Waals surface area (Å²) in [6.45, 7) is 13.7. The highest BCUT2D eigenvalue weighted by molar-refractivity contribution is 6.17. The van der Waals surface area contributed by atoms with E-state index in [0.717, 1.165) is 36.8 Å². The van der Waals surface area contributed by atoms with Gasteiger partial charge < -0.3 is 20.1 Å². The van der Waals surface area contributed by atoms with Gasteiger partial charge >= 0.3 is 24.3 Å². The summed E-state index contributed by atoms with van der Waals surface area (Å²) in [5, 5.41) is 5.06. The number of fused-ring (bicyclic) bond motifs is 2. The molecule has 2 aliphatic carbocycles. The van der Waals surface area contributed by atoms with Gasteiger partial charge in [-0.05, 0) is 105 Å². The quantitative estimate of drug-likeness (QED) is 0.0732. The number of carbonyl (C=O) groups excluding carboxylic acids is 6. The summed E-state index contributed by atoms with van der Waals surface area (Å²) in [5.74, 6) is -10.6. The summed E-state index contributed by atoms with van der Waals surface area (Å²) in [6.07, 6.45) is -13.1. The fourth-order valence-corrected chi connectivity index (χ4v) is 10.3. The number of nitrogens with one attached hydrogen (secondary N) is 2. The average molecular weight is 1180 g/mol. The summed E-state index contributed by atoms with van der Waals surface area (Å²) >= 11 is 0. The first-order valence-corrected chi connectivity index (χ1v) is 28.3. The van der Waals surface area contributed by atoms with Crippen LogP contribution in [0.1, 0.15) is 150 Å². The third-order valence-electron chi connectivity index (χ3n) is 14.9. The van der Waals surface area contributed by atoms with Gasteiger partial charge in [-0.3, -0.25) is 38.8 Å². The molecule has 4 aromatic carbocycles. The lowest BCUT2D eigenvalue weighted by molar-refractivity contribution is -0.167. The van der Waals surface area contributed by atoms with Crippen molar-refractivity contribution < 1.29 is 73.4 Å². The number of Topliss-reactive ketones (excluding diaryl/α,β-unsaturated/α-hetero) is 2. The van der Waals surface area contributed by atoms with E-state index in [1.54, 1.807) is 77.9 Å². The van der Waals surface area contributed by atoms with Crippen molar-refractivity contribution in [3.63, 3.8) is 0 Å². The molecule has 2 heterocycles.